The number of amides is 1. The molecule has 1 aromatic carbocycles. The largest absolute Gasteiger partial charge is 0.310 e. The molecule has 3 rings (SSSR count). The van der Waals surface area contributed by atoms with Crippen LogP contribution in [0.5, 0.6) is 0 Å². The molecule has 0 aliphatic carbocycles. The molecule has 0 aliphatic heterocycles. The number of anilines is 1. The number of aromatic nitrogens is 2. The molecule has 0 aliphatic rings. The van der Waals surface area contributed by atoms with Gasteiger partial charge in [0.2, 0.25) is 5.91 Å². The first-order valence-electron chi connectivity index (χ1n) is 8.29. The molecule has 2 heterocycles. The van der Waals surface area contributed by atoms with E-state index in [2.05, 4.69) is 47.0 Å². The Kier molecular flexibility index (Phi) is 6.49. The van der Waals surface area contributed by atoms with Gasteiger partial charge in [-0.1, -0.05) is 18.2 Å². The van der Waals surface area contributed by atoms with Crippen molar-refractivity contribution in [3.8, 4) is 0 Å². The Morgan fingerprint density at radius 1 is 1.27 bits per heavy atom. The molecule has 0 radical (unpaired) electrons. The minimum atomic E-state index is -0.0406. The third kappa shape index (κ3) is 5.20. The Morgan fingerprint density at radius 3 is 2.77 bits per heavy atom. The highest BCUT2D eigenvalue weighted by atomic mass is 32.2. The number of thiophene rings is 1. The van der Waals surface area contributed by atoms with Gasteiger partial charge in [-0.15, -0.1) is 23.1 Å². The fourth-order valence-electron chi connectivity index (χ4n) is 2.64. The number of benzene rings is 1. The van der Waals surface area contributed by atoms with E-state index in [1.807, 2.05) is 34.1 Å². The standard InChI is InChI=1S/C19H22N4OS2/c1-22(12-15-5-7-16(25-2)8-6-15)14-19(24)21-18-9-10-20-23(18)13-17-4-3-11-26-17/h3-11H,12-14H2,1-2H3,(H,21,24). The van der Waals surface area contributed by atoms with Crippen LogP contribution in [-0.2, 0) is 17.9 Å². The van der Waals surface area contributed by atoms with E-state index in [4.69, 9.17) is 0 Å². The average molecular weight is 387 g/mol. The number of hydrogen-bond acceptors (Lipinski definition) is 5. The smallest absolute Gasteiger partial charge is 0.239 e. The van der Waals surface area contributed by atoms with Gasteiger partial charge >= 0.3 is 0 Å². The van der Waals surface area contributed by atoms with Gasteiger partial charge in [0.05, 0.1) is 19.3 Å². The van der Waals surface area contributed by atoms with E-state index in [9.17, 15) is 4.79 Å². The van der Waals surface area contributed by atoms with Gasteiger partial charge < -0.3 is 5.32 Å². The van der Waals surface area contributed by atoms with Crippen LogP contribution in [0, 0.1) is 0 Å². The first kappa shape index (κ1) is 18.7. The highest BCUT2D eigenvalue weighted by molar-refractivity contribution is 7.98. The number of likely N-dealkylation sites (N-methyl/N-ethyl adjacent to an activating group) is 1. The molecule has 0 spiro atoms. The molecule has 0 atom stereocenters. The predicted octanol–water partition coefficient (Wildman–Crippen LogP) is 3.79. The molecular weight excluding hydrogens is 364 g/mol. The summed E-state index contributed by atoms with van der Waals surface area (Å²) in [7, 11) is 1.95. The van der Waals surface area contributed by atoms with Crippen LogP contribution in [0.4, 0.5) is 5.82 Å². The fourth-order valence-corrected chi connectivity index (χ4v) is 3.74. The summed E-state index contributed by atoms with van der Waals surface area (Å²) in [6.07, 6.45) is 3.77. The van der Waals surface area contributed by atoms with E-state index in [-0.39, 0.29) is 5.91 Å². The lowest BCUT2D eigenvalue weighted by atomic mass is 10.2. The maximum Gasteiger partial charge on any atom is 0.239 e. The van der Waals surface area contributed by atoms with E-state index in [1.54, 1.807) is 29.3 Å². The summed E-state index contributed by atoms with van der Waals surface area (Å²) in [5.74, 6) is 0.683. The van der Waals surface area contributed by atoms with E-state index in [0.29, 0.717) is 13.1 Å². The van der Waals surface area contributed by atoms with Crippen LogP contribution < -0.4 is 5.32 Å². The lowest BCUT2D eigenvalue weighted by Gasteiger charge is -2.17. The van der Waals surface area contributed by atoms with Crippen molar-refractivity contribution in [2.24, 2.45) is 0 Å². The van der Waals surface area contributed by atoms with Gasteiger partial charge in [0, 0.05) is 22.4 Å². The van der Waals surface area contributed by atoms with Crippen LogP contribution in [0.15, 0.2) is 58.9 Å². The molecule has 3 aromatic rings. The number of rotatable bonds is 8. The first-order valence-corrected chi connectivity index (χ1v) is 10.4. The zero-order valence-corrected chi connectivity index (χ0v) is 16.5. The number of thioether (sulfide) groups is 1. The number of carbonyl (C=O) groups is 1. The topological polar surface area (TPSA) is 50.2 Å². The molecule has 26 heavy (non-hydrogen) atoms. The fraction of sp³-hybridized carbons (Fsp3) is 0.263. The minimum Gasteiger partial charge on any atom is -0.310 e. The van der Waals surface area contributed by atoms with Crippen LogP contribution in [0.3, 0.4) is 0 Å². The van der Waals surface area contributed by atoms with Gasteiger partial charge in [-0.25, -0.2) is 4.68 Å². The van der Waals surface area contributed by atoms with E-state index in [0.717, 1.165) is 12.4 Å². The number of nitrogens with zero attached hydrogens (tertiary/aromatic N) is 3. The molecule has 2 aromatic heterocycles. The van der Waals surface area contributed by atoms with Crippen molar-refractivity contribution < 1.29 is 4.79 Å². The highest BCUT2D eigenvalue weighted by Crippen LogP contribution is 2.16. The summed E-state index contributed by atoms with van der Waals surface area (Å²) >= 11 is 3.41. The second-order valence-corrected chi connectivity index (χ2v) is 7.93. The van der Waals surface area contributed by atoms with Crippen LogP contribution in [0.25, 0.3) is 0 Å². The highest BCUT2D eigenvalue weighted by Gasteiger charge is 2.11. The Balaban J connectivity index is 1.52. The van der Waals surface area contributed by atoms with Gasteiger partial charge in [0.15, 0.2) is 0 Å². The van der Waals surface area contributed by atoms with Gasteiger partial charge in [-0.3, -0.25) is 9.69 Å². The van der Waals surface area contributed by atoms with Crippen LogP contribution in [0.2, 0.25) is 0 Å². The molecule has 0 saturated carbocycles. The molecule has 0 bridgehead atoms. The summed E-state index contributed by atoms with van der Waals surface area (Å²) in [5.41, 5.74) is 1.20. The zero-order chi connectivity index (χ0) is 18.4. The van der Waals surface area contributed by atoms with Gasteiger partial charge in [0.1, 0.15) is 5.82 Å². The monoisotopic (exact) mass is 386 g/mol. The van der Waals surface area contributed by atoms with Crippen molar-refractivity contribution in [1.82, 2.24) is 14.7 Å². The van der Waals surface area contributed by atoms with Gasteiger partial charge in [0.25, 0.3) is 0 Å². The Bertz CT molecular complexity index is 828. The molecule has 0 saturated heterocycles. The van der Waals surface area contributed by atoms with E-state index in [1.165, 1.54) is 15.3 Å². The molecule has 136 valence electrons. The maximum absolute atomic E-state index is 12.4. The summed E-state index contributed by atoms with van der Waals surface area (Å²) in [4.78, 5) is 16.8. The Labute approximate surface area is 162 Å². The van der Waals surface area contributed by atoms with Crippen molar-refractivity contribution in [2.75, 3.05) is 25.2 Å². The first-order chi connectivity index (χ1) is 12.6. The third-order valence-electron chi connectivity index (χ3n) is 3.89. The van der Waals surface area contributed by atoms with Crippen molar-refractivity contribution >= 4 is 34.8 Å². The average Bonchev–Trinajstić information content (AvgIpc) is 3.28. The molecular formula is C19H22N4OS2. The van der Waals surface area contributed by atoms with Crippen molar-refractivity contribution in [3.63, 3.8) is 0 Å². The molecule has 0 fully saturated rings. The number of hydrogen-bond donors (Lipinski definition) is 1. The number of carbonyl (C=O) groups excluding carboxylic acids is 1. The summed E-state index contributed by atoms with van der Waals surface area (Å²) < 4.78 is 1.81. The minimum absolute atomic E-state index is 0.0406. The lowest BCUT2D eigenvalue weighted by Crippen LogP contribution is -2.30. The van der Waals surface area contributed by atoms with Gasteiger partial charge in [-0.2, -0.15) is 5.10 Å². The third-order valence-corrected chi connectivity index (χ3v) is 5.50. The van der Waals surface area contributed by atoms with E-state index >= 15 is 0 Å². The molecule has 7 heteroatoms. The molecule has 1 amide bonds. The van der Waals surface area contributed by atoms with Crippen LogP contribution in [0.1, 0.15) is 10.4 Å². The quantitative estimate of drug-likeness (QED) is 0.599. The normalized spacial score (nSPS) is 11.0. The summed E-state index contributed by atoms with van der Waals surface area (Å²) in [6.45, 7) is 1.73. The van der Waals surface area contributed by atoms with Crippen molar-refractivity contribution in [1.29, 1.82) is 0 Å². The number of nitrogens with one attached hydrogen (secondary N) is 1. The summed E-state index contributed by atoms with van der Waals surface area (Å²) in [6, 6.07) is 14.3. The van der Waals surface area contributed by atoms with E-state index < -0.39 is 0 Å². The zero-order valence-electron chi connectivity index (χ0n) is 14.9. The Hall–Kier alpha value is -2.09. The SMILES string of the molecule is CSc1ccc(CN(C)CC(=O)Nc2ccnn2Cc2cccs2)cc1. The molecule has 5 nitrogen and oxygen atoms in total. The van der Waals surface area contributed by atoms with Gasteiger partial charge in [-0.05, 0) is 42.4 Å². The molecule has 0 unspecified atom stereocenters. The van der Waals surface area contributed by atoms with Crippen molar-refractivity contribution in [3.05, 3.63) is 64.5 Å². The van der Waals surface area contributed by atoms with Crippen molar-refractivity contribution in [2.45, 2.75) is 18.0 Å². The maximum atomic E-state index is 12.4. The Morgan fingerprint density at radius 2 is 2.08 bits per heavy atom. The molecule has 1 N–H and O–H groups in total. The van der Waals surface area contributed by atoms with Crippen LogP contribution >= 0.6 is 23.1 Å². The summed E-state index contributed by atoms with van der Waals surface area (Å²) in [5, 5.41) is 9.30. The predicted molar refractivity (Wildman–Crippen MR) is 109 cm³/mol. The second kappa shape index (κ2) is 9.02. The van der Waals surface area contributed by atoms with Crippen LogP contribution in [-0.4, -0.2) is 40.4 Å². The lowest BCUT2D eigenvalue weighted by molar-refractivity contribution is -0.117. The second-order valence-electron chi connectivity index (χ2n) is 6.02.